The molecule has 90 valence electrons. The van der Waals surface area contributed by atoms with Gasteiger partial charge in [0.1, 0.15) is 0 Å². The number of pyridine rings is 1. The van der Waals surface area contributed by atoms with Crippen molar-refractivity contribution in [3.05, 3.63) is 63.9 Å². The van der Waals surface area contributed by atoms with Crippen LogP contribution in [0.15, 0.2) is 42.7 Å². The Morgan fingerprint density at radius 1 is 1.17 bits per heavy atom. The molecule has 0 fully saturated rings. The van der Waals surface area contributed by atoms with E-state index in [0.29, 0.717) is 15.6 Å². The van der Waals surface area contributed by atoms with E-state index in [9.17, 15) is 4.79 Å². The highest BCUT2D eigenvalue weighted by molar-refractivity contribution is 6.42. The lowest BCUT2D eigenvalue weighted by Crippen LogP contribution is -1.87. The summed E-state index contributed by atoms with van der Waals surface area (Å²) in [6, 6.07) is 8.77. The normalized spacial score (nSPS) is 11.3. The van der Waals surface area contributed by atoms with E-state index in [1.807, 2.05) is 12.1 Å². The van der Waals surface area contributed by atoms with Gasteiger partial charge in [-0.1, -0.05) is 35.3 Å². The Kier molecular flexibility index (Phi) is 4.13. The van der Waals surface area contributed by atoms with Gasteiger partial charge in [0.05, 0.1) is 10.0 Å². The molecule has 0 aliphatic heterocycles. The first kappa shape index (κ1) is 12.8. The third-order valence-corrected chi connectivity index (χ3v) is 3.13. The Bertz CT molecular complexity index is 594. The summed E-state index contributed by atoms with van der Waals surface area (Å²) in [5.41, 5.74) is 2.11. The van der Waals surface area contributed by atoms with Crippen LogP contribution in [0.5, 0.6) is 0 Å². The SMILES string of the molecule is O=CC(=Cc1cccnc1)c1ccc(Cl)c(Cl)c1. The summed E-state index contributed by atoms with van der Waals surface area (Å²) in [6.07, 6.45) is 5.89. The number of carbonyl (C=O) groups is 1. The van der Waals surface area contributed by atoms with Crippen molar-refractivity contribution in [1.29, 1.82) is 0 Å². The van der Waals surface area contributed by atoms with E-state index in [1.54, 1.807) is 36.7 Å². The van der Waals surface area contributed by atoms with Crippen LogP contribution in [0, 0.1) is 0 Å². The van der Waals surface area contributed by atoms with Crippen LogP contribution in [0.1, 0.15) is 11.1 Å². The Hall–Kier alpha value is -1.64. The molecule has 0 amide bonds. The number of rotatable bonds is 3. The molecule has 2 aromatic rings. The van der Waals surface area contributed by atoms with E-state index in [4.69, 9.17) is 23.2 Å². The molecular formula is C14H9Cl2NO. The van der Waals surface area contributed by atoms with Crippen molar-refractivity contribution < 1.29 is 4.79 Å². The second-order valence-corrected chi connectivity index (χ2v) is 4.45. The number of hydrogen-bond acceptors (Lipinski definition) is 2. The van der Waals surface area contributed by atoms with Gasteiger partial charge in [-0.05, 0) is 35.4 Å². The van der Waals surface area contributed by atoms with Crippen molar-refractivity contribution in [2.75, 3.05) is 0 Å². The number of benzene rings is 1. The third-order valence-electron chi connectivity index (χ3n) is 2.39. The van der Waals surface area contributed by atoms with Crippen molar-refractivity contribution in [3.63, 3.8) is 0 Å². The maximum Gasteiger partial charge on any atom is 0.150 e. The van der Waals surface area contributed by atoms with Crippen LogP contribution in [0.3, 0.4) is 0 Å². The molecule has 1 aromatic heterocycles. The van der Waals surface area contributed by atoms with Crippen LogP contribution < -0.4 is 0 Å². The molecule has 1 aromatic carbocycles. The molecule has 0 aliphatic carbocycles. The van der Waals surface area contributed by atoms with Gasteiger partial charge in [-0.2, -0.15) is 0 Å². The smallest absolute Gasteiger partial charge is 0.150 e. The van der Waals surface area contributed by atoms with Gasteiger partial charge < -0.3 is 0 Å². The standard InChI is InChI=1S/C14H9Cl2NO/c15-13-4-3-11(7-14(13)16)12(9-18)6-10-2-1-5-17-8-10/h1-9H. The van der Waals surface area contributed by atoms with Crippen molar-refractivity contribution in [1.82, 2.24) is 4.98 Å². The molecule has 0 saturated carbocycles. The fourth-order valence-corrected chi connectivity index (χ4v) is 1.80. The van der Waals surface area contributed by atoms with E-state index in [0.717, 1.165) is 17.4 Å². The summed E-state index contributed by atoms with van der Waals surface area (Å²) >= 11 is 11.8. The molecule has 0 radical (unpaired) electrons. The van der Waals surface area contributed by atoms with Gasteiger partial charge in [0, 0.05) is 18.0 Å². The molecule has 1 heterocycles. The molecule has 0 bridgehead atoms. The largest absolute Gasteiger partial charge is 0.298 e. The van der Waals surface area contributed by atoms with Gasteiger partial charge in [-0.15, -0.1) is 0 Å². The fourth-order valence-electron chi connectivity index (χ4n) is 1.50. The van der Waals surface area contributed by atoms with Crippen LogP contribution in [-0.2, 0) is 4.79 Å². The molecule has 4 heteroatoms. The number of halogens is 2. The summed E-state index contributed by atoms with van der Waals surface area (Å²) in [7, 11) is 0. The maximum atomic E-state index is 11.1. The predicted octanol–water partition coefficient (Wildman–Crippen LogP) is 4.13. The average Bonchev–Trinajstić information content (AvgIpc) is 2.40. The number of carbonyl (C=O) groups excluding carboxylic acids is 1. The summed E-state index contributed by atoms with van der Waals surface area (Å²) < 4.78 is 0. The van der Waals surface area contributed by atoms with Gasteiger partial charge in [0.25, 0.3) is 0 Å². The summed E-state index contributed by atoms with van der Waals surface area (Å²) in [5, 5.41) is 0.889. The zero-order valence-corrected chi connectivity index (χ0v) is 10.8. The summed E-state index contributed by atoms with van der Waals surface area (Å²) in [6.45, 7) is 0. The minimum Gasteiger partial charge on any atom is -0.298 e. The average molecular weight is 278 g/mol. The monoisotopic (exact) mass is 277 g/mol. The molecular weight excluding hydrogens is 269 g/mol. The van der Waals surface area contributed by atoms with Crippen molar-refractivity contribution in [3.8, 4) is 0 Å². The van der Waals surface area contributed by atoms with Gasteiger partial charge in [0.15, 0.2) is 6.29 Å². The summed E-state index contributed by atoms with van der Waals surface area (Å²) in [5.74, 6) is 0. The van der Waals surface area contributed by atoms with Crippen LogP contribution >= 0.6 is 23.2 Å². The summed E-state index contributed by atoms with van der Waals surface area (Å²) in [4.78, 5) is 15.1. The number of aldehydes is 1. The first-order valence-electron chi connectivity index (χ1n) is 5.23. The predicted molar refractivity (Wildman–Crippen MR) is 74.6 cm³/mol. The minimum absolute atomic E-state index is 0.424. The molecule has 0 aliphatic rings. The first-order chi connectivity index (χ1) is 8.70. The second-order valence-electron chi connectivity index (χ2n) is 3.63. The highest BCUT2D eigenvalue weighted by Gasteiger charge is 2.04. The van der Waals surface area contributed by atoms with Gasteiger partial charge in [-0.25, -0.2) is 0 Å². The second kappa shape index (κ2) is 5.80. The van der Waals surface area contributed by atoms with E-state index in [2.05, 4.69) is 4.98 Å². The maximum absolute atomic E-state index is 11.1. The molecule has 0 spiro atoms. The van der Waals surface area contributed by atoms with Crippen molar-refractivity contribution in [2.45, 2.75) is 0 Å². The lowest BCUT2D eigenvalue weighted by Gasteiger charge is -2.03. The van der Waals surface area contributed by atoms with Crippen LogP contribution in [0.25, 0.3) is 11.6 Å². The number of nitrogens with zero attached hydrogens (tertiary/aromatic N) is 1. The molecule has 2 nitrogen and oxygen atoms in total. The third kappa shape index (κ3) is 2.97. The minimum atomic E-state index is 0.424. The van der Waals surface area contributed by atoms with Crippen LogP contribution in [-0.4, -0.2) is 11.3 Å². The van der Waals surface area contributed by atoms with E-state index >= 15 is 0 Å². The zero-order chi connectivity index (χ0) is 13.0. The molecule has 0 saturated heterocycles. The topological polar surface area (TPSA) is 30.0 Å². The molecule has 18 heavy (non-hydrogen) atoms. The Morgan fingerprint density at radius 2 is 2.00 bits per heavy atom. The first-order valence-corrected chi connectivity index (χ1v) is 5.98. The Balaban J connectivity index is 2.42. The van der Waals surface area contributed by atoms with Crippen LogP contribution in [0.2, 0.25) is 10.0 Å². The lowest BCUT2D eigenvalue weighted by atomic mass is 10.0. The van der Waals surface area contributed by atoms with Crippen molar-refractivity contribution in [2.24, 2.45) is 0 Å². The quantitative estimate of drug-likeness (QED) is 0.624. The number of allylic oxidation sites excluding steroid dienone is 1. The van der Waals surface area contributed by atoms with E-state index in [-0.39, 0.29) is 0 Å². The number of aromatic nitrogens is 1. The van der Waals surface area contributed by atoms with Gasteiger partial charge in [0.2, 0.25) is 0 Å². The lowest BCUT2D eigenvalue weighted by molar-refractivity contribution is -0.103. The van der Waals surface area contributed by atoms with Gasteiger partial charge >= 0.3 is 0 Å². The van der Waals surface area contributed by atoms with E-state index in [1.165, 1.54) is 0 Å². The number of hydrogen-bond donors (Lipinski definition) is 0. The van der Waals surface area contributed by atoms with Gasteiger partial charge in [-0.3, -0.25) is 9.78 Å². The van der Waals surface area contributed by atoms with E-state index < -0.39 is 0 Å². The fraction of sp³-hybridized carbons (Fsp3) is 0. The molecule has 2 rings (SSSR count). The zero-order valence-electron chi connectivity index (χ0n) is 9.31. The Morgan fingerprint density at radius 3 is 2.61 bits per heavy atom. The van der Waals surface area contributed by atoms with Crippen LogP contribution in [0.4, 0.5) is 0 Å². The highest BCUT2D eigenvalue weighted by atomic mass is 35.5. The molecule has 0 unspecified atom stereocenters. The highest BCUT2D eigenvalue weighted by Crippen LogP contribution is 2.26. The molecule has 0 N–H and O–H groups in total. The van der Waals surface area contributed by atoms with Crippen molar-refractivity contribution >= 4 is 41.1 Å². The Labute approximate surface area is 115 Å². The molecule has 0 atom stereocenters.